The number of hydrogen-bond donors (Lipinski definition) is 2. The van der Waals surface area contributed by atoms with Crippen LogP contribution in [0, 0.1) is 5.41 Å². The lowest BCUT2D eigenvalue weighted by molar-refractivity contribution is 0.668. The van der Waals surface area contributed by atoms with E-state index in [4.69, 9.17) is 20.0 Å². The minimum atomic E-state index is 0.112. The van der Waals surface area contributed by atoms with Gasteiger partial charge in [0.15, 0.2) is 5.84 Å². The summed E-state index contributed by atoms with van der Waals surface area (Å²) >= 11 is 0. The standard InChI is InChI=1S/C36H23N3O2/c37-35(24-16-15-21-7-1-2-8-22(21)19-24)39-36(38)28-11-6-14-31-34(28)27-18-17-23(20-32(27)41-31)25-10-5-13-30-33(25)26-9-3-4-12-29(26)40-30/h1-20H,(H3,37,38,39). The number of nitrogens with one attached hydrogen (secondary N) is 1. The highest BCUT2D eigenvalue weighted by Gasteiger charge is 2.17. The summed E-state index contributed by atoms with van der Waals surface area (Å²) in [5, 5.41) is 14.8. The lowest BCUT2D eigenvalue weighted by atomic mass is 9.98. The quantitative estimate of drug-likeness (QED) is 0.177. The maximum atomic E-state index is 8.65. The Morgan fingerprint density at radius 2 is 1.29 bits per heavy atom. The molecule has 41 heavy (non-hydrogen) atoms. The maximum absolute atomic E-state index is 8.65. The summed E-state index contributed by atoms with van der Waals surface area (Å²) in [6.45, 7) is 0. The summed E-state index contributed by atoms with van der Waals surface area (Å²) in [6, 6.07) is 40.2. The van der Waals surface area contributed by atoms with Gasteiger partial charge >= 0.3 is 0 Å². The van der Waals surface area contributed by atoms with Crippen molar-refractivity contribution in [1.82, 2.24) is 0 Å². The van der Waals surface area contributed by atoms with Crippen molar-refractivity contribution in [2.24, 2.45) is 10.7 Å². The van der Waals surface area contributed by atoms with Gasteiger partial charge in [0.2, 0.25) is 0 Å². The van der Waals surface area contributed by atoms with Gasteiger partial charge in [0.05, 0.1) is 0 Å². The summed E-state index contributed by atoms with van der Waals surface area (Å²) in [4.78, 5) is 4.51. The van der Waals surface area contributed by atoms with Crippen molar-refractivity contribution >= 4 is 66.3 Å². The van der Waals surface area contributed by atoms with E-state index in [0.717, 1.165) is 71.3 Å². The molecule has 0 aliphatic heterocycles. The predicted octanol–water partition coefficient (Wildman–Crippen LogP) is 9.04. The van der Waals surface area contributed by atoms with Crippen LogP contribution >= 0.6 is 0 Å². The summed E-state index contributed by atoms with van der Waals surface area (Å²) in [5.41, 5.74) is 13.3. The molecule has 0 fully saturated rings. The lowest BCUT2D eigenvalue weighted by Crippen LogP contribution is -2.16. The Balaban J connectivity index is 1.23. The predicted molar refractivity (Wildman–Crippen MR) is 168 cm³/mol. The Morgan fingerprint density at radius 3 is 2.20 bits per heavy atom. The van der Waals surface area contributed by atoms with Gasteiger partial charge in [-0.3, -0.25) is 5.41 Å². The van der Waals surface area contributed by atoms with Gasteiger partial charge in [-0.25, -0.2) is 4.99 Å². The molecule has 0 saturated carbocycles. The van der Waals surface area contributed by atoms with Crippen LogP contribution in [-0.2, 0) is 0 Å². The van der Waals surface area contributed by atoms with Crippen LogP contribution < -0.4 is 5.73 Å². The van der Waals surface area contributed by atoms with Crippen LogP contribution in [0.5, 0.6) is 0 Å². The minimum Gasteiger partial charge on any atom is -0.456 e. The molecule has 3 N–H and O–H groups in total. The van der Waals surface area contributed by atoms with E-state index >= 15 is 0 Å². The summed E-state index contributed by atoms with van der Waals surface area (Å²) in [6.07, 6.45) is 0. The molecule has 6 aromatic carbocycles. The molecule has 8 aromatic rings. The molecule has 8 rings (SSSR count). The molecular weight excluding hydrogens is 506 g/mol. The molecule has 0 radical (unpaired) electrons. The van der Waals surface area contributed by atoms with Crippen LogP contribution in [0.15, 0.2) is 135 Å². The molecule has 5 heteroatoms. The SMILES string of the molecule is N=C(N=C(N)c1cccc2oc3cc(-c4cccc5oc6ccccc6c45)ccc3c12)c1ccc2ccccc2c1. The largest absolute Gasteiger partial charge is 0.456 e. The van der Waals surface area contributed by atoms with Gasteiger partial charge in [-0.2, -0.15) is 0 Å². The molecule has 0 aliphatic carbocycles. The van der Waals surface area contributed by atoms with E-state index in [-0.39, 0.29) is 11.7 Å². The molecule has 194 valence electrons. The van der Waals surface area contributed by atoms with Crippen molar-refractivity contribution in [2.75, 3.05) is 0 Å². The lowest BCUT2D eigenvalue weighted by Gasteiger charge is -2.06. The number of nitrogens with two attached hydrogens (primary N) is 1. The van der Waals surface area contributed by atoms with Gasteiger partial charge < -0.3 is 14.6 Å². The van der Waals surface area contributed by atoms with Crippen molar-refractivity contribution in [1.29, 1.82) is 5.41 Å². The van der Waals surface area contributed by atoms with Gasteiger partial charge in [-0.1, -0.05) is 84.9 Å². The second-order valence-corrected chi connectivity index (χ2v) is 10.2. The highest BCUT2D eigenvalue weighted by Crippen LogP contribution is 2.39. The fraction of sp³-hybridized carbons (Fsp3) is 0. The van der Waals surface area contributed by atoms with Gasteiger partial charge in [0.25, 0.3) is 0 Å². The molecule has 0 atom stereocenters. The minimum absolute atomic E-state index is 0.112. The second kappa shape index (κ2) is 8.93. The Hall–Kier alpha value is -5.68. The Kier molecular flexibility index (Phi) is 5.06. The Bertz CT molecular complexity index is 2360. The van der Waals surface area contributed by atoms with Crippen LogP contribution in [-0.4, -0.2) is 11.7 Å². The molecule has 0 amide bonds. The van der Waals surface area contributed by atoms with Crippen molar-refractivity contribution in [3.63, 3.8) is 0 Å². The number of fused-ring (bicyclic) bond motifs is 7. The monoisotopic (exact) mass is 529 g/mol. The number of nitrogens with zero attached hydrogens (tertiary/aromatic N) is 1. The van der Waals surface area contributed by atoms with E-state index in [2.05, 4.69) is 35.3 Å². The van der Waals surface area contributed by atoms with Gasteiger partial charge in [0, 0.05) is 32.7 Å². The number of rotatable bonds is 3. The second-order valence-electron chi connectivity index (χ2n) is 10.2. The number of hydrogen-bond acceptors (Lipinski definition) is 3. The van der Waals surface area contributed by atoms with Crippen molar-refractivity contribution in [3.05, 3.63) is 132 Å². The van der Waals surface area contributed by atoms with Crippen LogP contribution in [0.25, 0.3) is 65.8 Å². The number of aliphatic imine (C=N–C) groups is 1. The maximum Gasteiger partial charge on any atom is 0.154 e. The zero-order chi connectivity index (χ0) is 27.5. The zero-order valence-corrected chi connectivity index (χ0v) is 21.9. The first-order valence-corrected chi connectivity index (χ1v) is 13.4. The van der Waals surface area contributed by atoms with E-state index in [1.807, 2.05) is 91.0 Å². The molecule has 2 heterocycles. The third-order valence-electron chi connectivity index (χ3n) is 7.74. The van der Waals surface area contributed by atoms with Crippen molar-refractivity contribution < 1.29 is 8.83 Å². The molecule has 0 unspecified atom stereocenters. The van der Waals surface area contributed by atoms with E-state index in [1.165, 1.54) is 0 Å². The van der Waals surface area contributed by atoms with E-state index in [1.54, 1.807) is 0 Å². The first-order chi connectivity index (χ1) is 20.1. The van der Waals surface area contributed by atoms with E-state index < -0.39 is 0 Å². The Labute approximate surface area is 234 Å². The van der Waals surface area contributed by atoms with E-state index in [9.17, 15) is 0 Å². The first-order valence-electron chi connectivity index (χ1n) is 13.4. The topological polar surface area (TPSA) is 88.5 Å². The normalized spacial score (nSPS) is 12.2. The number of amidine groups is 2. The molecular formula is C36H23N3O2. The van der Waals surface area contributed by atoms with Crippen LogP contribution in [0.2, 0.25) is 0 Å². The van der Waals surface area contributed by atoms with Crippen LogP contribution in [0.3, 0.4) is 0 Å². The highest BCUT2D eigenvalue weighted by molar-refractivity contribution is 6.21. The average Bonchev–Trinajstić information content (AvgIpc) is 3.58. The van der Waals surface area contributed by atoms with Crippen molar-refractivity contribution in [3.8, 4) is 11.1 Å². The van der Waals surface area contributed by atoms with E-state index in [0.29, 0.717) is 5.56 Å². The summed E-state index contributed by atoms with van der Waals surface area (Å²) in [5.74, 6) is 0.385. The molecule has 0 bridgehead atoms. The van der Waals surface area contributed by atoms with Crippen LogP contribution in [0.1, 0.15) is 11.1 Å². The summed E-state index contributed by atoms with van der Waals surface area (Å²) in [7, 11) is 0. The first kappa shape index (κ1) is 23.2. The number of furan rings is 2. The van der Waals surface area contributed by atoms with Gasteiger partial charge in [0.1, 0.15) is 28.2 Å². The molecule has 0 spiro atoms. The highest BCUT2D eigenvalue weighted by atomic mass is 16.3. The fourth-order valence-electron chi connectivity index (χ4n) is 5.80. The molecule has 2 aromatic heterocycles. The average molecular weight is 530 g/mol. The number of benzene rings is 6. The third kappa shape index (κ3) is 3.71. The van der Waals surface area contributed by atoms with Gasteiger partial charge in [-0.05, 0) is 58.3 Å². The third-order valence-corrected chi connectivity index (χ3v) is 7.74. The zero-order valence-electron chi connectivity index (χ0n) is 21.9. The smallest absolute Gasteiger partial charge is 0.154 e. The van der Waals surface area contributed by atoms with Gasteiger partial charge in [-0.15, -0.1) is 0 Å². The van der Waals surface area contributed by atoms with Crippen molar-refractivity contribution in [2.45, 2.75) is 0 Å². The fourth-order valence-corrected chi connectivity index (χ4v) is 5.80. The molecule has 0 aliphatic rings. The summed E-state index contributed by atoms with van der Waals surface area (Å²) < 4.78 is 12.4. The Morgan fingerprint density at radius 1 is 0.585 bits per heavy atom. The molecule has 5 nitrogen and oxygen atoms in total. The number of para-hydroxylation sites is 1. The molecule has 0 saturated heterocycles. The van der Waals surface area contributed by atoms with Crippen LogP contribution in [0.4, 0.5) is 0 Å².